The molecule has 1 unspecified atom stereocenters. The second kappa shape index (κ2) is 8.66. The van der Waals surface area contributed by atoms with Gasteiger partial charge in [-0.1, -0.05) is 0 Å². The van der Waals surface area contributed by atoms with Gasteiger partial charge in [-0.2, -0.15) is 0 Å². The smallest absolute Gasteiger partial charge is 0.312 e. The van der Waals surface area contributed by atoms with Crippen LogP contribution in [0, 0.1) is 10.1 Å². The zero-order valence-electron chi connectivity index (χ0n) is 12.3. The number of hydrogen-bond donors (Lipinski definition) is 5. The Morgan fingerprint density at radius 2 is 2.09 bits per heavy atom. The van der Waals surface area contributed by atoms with Crippen LogP contribution in [0.4, 0.5) is 16.2 Å². The highest BCUT2D eigenvalue weighted by Gasteiger charge is 2.17. The zero-order chi connectivity index (χ0) is 17.4. The number of nitrogens with two attached hydrogens (primary N) is 2. The van der Waals surface area contributed by atoms with Gasteiger partial charge in [0, 0.05) is 18.3 Å². The van der Waals surface area contributed by atoms with Crippen molar-refractivity contribution < 1.29 is 19.6 Å². The van der Waals surface area contributed by atoms with Crippen molar-refractivity contribution in [2.24, 2.45) is 11.5 Å². The Balaban J connectivity index is 2.61. The normalized spacial score (nSPS) is 11.6. The number of nitrogens with one attached hydrogen (secondary N) is 2. The summed E-state index contributed by atoms with van der Waals surface area (Å²) in [5.41, 5.74) is 10.7. The summed E-state index contributed by atoms with van der Waals surface area (Å²) >= 11 is 0. The molecule has 1 aromatic carbocycles. The zero-order valence-corrected chi connectivity index (χ0v) is 12.3. The fraction of sp³-hybridized carbons (Fsp3) is 0.385. The molecule has 1 atom stereocenters. The lowest BCUT2D eigenvalue weighted by Gasteiger charge is -2.12. The number of anilines is 1. The summed E-state index contributed by atoms with van der Waals surface area (Å²) in [7, 11) is 0. The largest absolute Gasteiger partial charge is 0.391 e. The summed E-state index contributed by atoms with van der Waals surface area (Å²) in [6.45, 7) is -0.177. The molecule has 7 N–H and O–H groups in total. The van der Waals surface area contributed by atoms with Crippen LogP contribution in [0.3, 0.4) is 0 Å². The minimum atomic E-state index is -0.832. The van der Waals surface area contributed by atoms with E-state index in [2.05, 4.69) is 10.6 Å². The summed E-state index contributed by atoms with van der Waals surface area (Å²) in [4.78, 5) is 32.6. The maximum atomic E-state index is 11.9. The van der Waals surface area contributed by atoms with E-state index in [1.807, 2.05) is 0 Å². The van der Waals surface area contributed by atoms with E-state index in [1.165, 1.54) is 12.1 Å². The summed E-state index contributed by atoms with van der Waals surface area (Å²) < 4.78 is 0. The van der Waals surface area contributed by atoms with Crippen molar-refractivity contribution in [2.45, 2.75) is 25.5 Å². The molecular formula is C13H19N5O5. The maximum absolute atomic E-state index is 11.9. The predicted molar refractivity (Wildman–Crippen MR) is 82.4 cm³/mol. The van der Waals surface area contributed by atoms with Crippen LogP contribution >= 0.6 is 0 Å². The molecule has 0 aliphatic heterocycles. The van der Waals surface area contributed by atoms with Crippen molar-refractivity contribution in [3.63, 3.8) is 0 Å². The SMILES string of the molecule is NC(=O)NCCCC(N)C(=O)Nc1ccc(CO)c([N+](=O)[O-])c1. The molecule has 10 nitrogen and oxygen atoms in total. The number of nitro benzene ring substituents is 1. The van der Waals surface area contributed by atoms with Crippen LogP contribution in [0.25, 0.3) is 0 Å². The second-order valence-corrected chi connectivity index (χ2v) is 4.79. The van der Waals surface area contributed by atoms with E-state index in [-0.39, 0.29) is 16.9 Å². The summed E-state index contributed by atoms with van der Waals surface area (Å²) in [6.07, 6.45) is 0.768. The van der Waals surface area contributed by atoms with Gasteiger partial charge in [0.1, 0.15) is 0 Å². The van der Waals surface area contributed by atoms with E-state index in [9.17, 15) is 19.7 Å². The van der Waals surface area contributed by atoms with Gasteiger partial charge in [-0.05, 0) is 25.0 Å². The van der Waals surface area contributed by atoms with Crippen molar-refractivity contribution >= 4 is 23.3 Å². The number of benzene rings is 1. The number of aliphatic hydroxyl groups excluding tert-OH is 1. The Morgan fingerprint density at radius 1 is 1.39 bits per heavy atom. The number of nitro groups is 1. The van der Waals surface area contributed by atoms with Gasteiger partial charge < -0.3 is 27.2 Å². The monoisotopic (exact) mass is 325 g/mol. The molecule has 126 valence electrons. The van der Waals surface area contributed by atoms with E-state index in [4.69, 9.17) is 16.6 Å². The number of rotatable bonds is 8. The van der Waals surface area contributed by atoms with E-state index in [0.717, 1.165) is 6.07 Å². The van der Waals surface area contributed by atoms with Gasteiger partial charge in [-0.25, -0.2) is 4.79 Å². The van der Waals surface area contributed by atoms with Gasteiger partial charge in [0.25, 0.3) is 5.69 Å². The van der Waals surface area contributed by atoms with Crippen molar-refractivity contribution in [1.82, 2.24) is 5.32 Å². The highest BCUT2D eigenvalue weighted by Crippen LogP contribution is 2.23. The van der Waals surface area contributed by atoms with Crippen molar-refractivity contribution in [3.05, 3.63) is 33.9 Å². The first-order valence-electron chi connectivity index (χ1n) is 6.83. The number of carbonyl (C=O) groups is 2. The summed E-state index contributed by atoms with van der Waals surface area (Å²) in [6, 6.07) is 2.47. The molecule has 0 saturated heterocycles. The van der Waals surface area contributed by atoms with Crippen molar-refractivity contribution in [3.8, 4) is 0 Å². The topological polar surface area (TPSA) is 174 Å². The lowest BCUT2D eigenvalue weighted by atomic mass is 10.1. The third kappa shape index (κ3) is 5.88. The van der Waals surface area contributed by atoms with Crippen LogP contribution in [-0.2, 0) is 11.4 Å². The van der Waals surface area contributed by atoms with Crippen molar-refractivity contribution in [1.29, 1.82) is 0 Å². The first-order chi connectivity index (χ1) is 10.8. The summed E-state index contributed by atoms with van der Waals surface area (Å²) in [5, 5.41) is 24.8. The molecule has 0 aliphatic rings. The van der Waals surface area contributed by atoms with Crippen LogP contribution in [-0.4, -0.2) is 34.6 Å². The number of carbonyl (C=O) groups excluding carboxylic acids is 2. The van der Waals surface area contributed by atoms with Gasteiger partial charge in [-0.3, -0.25) is 14.9 Å². The lowest BCUT2D eigenvalue weighted by Crippen LogP contribution is -2.37. The maximum Gasteiger partial charge on any atom is 0.312 e. The Kier molecular flexibility index (Phi) is 6.90. The quantitative estimate of drug-likeness (QED) is 0.251. The highest BCUT2D eigenvalue weighted by atomic mass is 16.6. The van der Waals surface area contributed by atoms with Gasteiger partial charge >= 0.3 is 6.03 Å². The minimum absolute atomic E-state index is 0.148. The molecule has 0 aromatic heterocycles. The van der Waals surface area contributed by atoms with E-state index in [0.29, 0.717) is 19.4 Å². The average molecular weight is 325 g/mol. The second-order valence-electron chi connectivity index (χ2n) is 4.79. The molecule has 0 heterocycles. The molecule has 3 amide bonds. The number of aliphatic hydroxyl groups is 1. The van der Waals surface area contributed by atoms with Crippen LogP contribution in [0.2, 0.25) is 0 Å². The molecule has 0 saturated carbocycles. The molecule has 1 aromatic rings. The molecule has 0 spiro atoms. The number of hydrogen-bond acceptors (Lipinski definition) is 6. The lowest BCUT2D eigenvalue weighted by molar-refractivity contribution is -0.385. The van der Waals surface area contributed by atoms with Crippen LogP contribution in [0.1, 0.15) is 18.4 Å². The van der Waals surface area contributed by atoms with Crippen LogP contribution < -0.4 is 22.1 Å². The van der Waals surface area contributed by atoms with Crippen LogP contribution in [0.5, 0.6) is 0 Å². The van der Waals surface area contributed by atoms with Crippen molar-refractivity contribution in [2.75, 3.05) is 11.9 Å². The molecule has 0 aliphatic carbocycles. The van der Waals surface area contributed by atoms with Gasteiger partial charge in [-0.15, -0.1) is 0 Å². The van der Waals surface area contributed by atoms with E-state index < -0.39 is 29.5 Å². The molecule has 0 fully saturated rings. The van der Waals surface area contributed by atoms with E-state index >= 15 is 0 Å². The Morgan fingerprint density at radius 3 is 2.65 bits per heavy atom. The predicted octanol–water partition coefficient (Wildman–Crippen LogP) is -0.199. The molecule has 0 radical (unpaired) electrons. The average Bonchev–Trinajstić information content (AvgIpc) is 2.50. The number of nitrogens with zero attached hydrogens (tertiary/aromatic N) is 1. The number of urea groups is 1. The third-order valence-corrected chi connectivity index (χ3v) is 3.05. The molecule has 0 bridgehead atoms. The summed E-state index contributed by atoms with van der Waals surface area (Å²) in [5.74, 6) is -0.505. The Bertz CT molecular complexity index is 592. The first kappa shape index (κ1) is 18.3. The van der Waals surface area contributed by atoms with Crippen LogP contribution in [0.15, 0.2) is 18.2 Å². The highest BCUT2D eigenvalue weighted by molar-refractivity contribution is 5.95. The minimum Gasteiger partial charge on any atom is -0.391 e. The molecule has 23 heavy (non-hydrogen) atoms. The Hall–Kier alpha value is -2.72. The first-order valence-corrected chi connectivity index (χ1v) is 6.83. The van der Waals surface area contributed by atoms with E-state index in [1.54, 1.807) is 0 Å². The number of primary amides is 1. The van der Waals surface area contributed by atoms with Gasteiger partial charge in [0.2, 0.25) is 5.91 Å². The molecule has 1 rings (SSSR count). The standard InChI is InChI=1S/C13H19N5O5/c14-10(2-1-5-16-13(15)21)12(20)17-9-4-3-8(7-19)11(6-9)18(22)23/h3-4,6,10,19H,1-2,5,7,14H2,(H,17,20)(H3,15,16,21). The third-order valence-electron chi connectivity index (χ3n) is 3.05. The molecular weight excluding hydrogens is 306 g/mol. The Labute approximate surface area is 132 Å². The van der Waals surface area contributed by atoms with Gasteiger partial charge in [0.15, 0.2) is 0 Å². The fourth-order valence-electron chi connectivity index (χ4n) is 1.84. The number of amides is 3. The fourth-order valence-corrected chi connectivity index (χ4v) is 1.84. The van der Waals surface area contributed by atoms with Gasteiger partial charge in [0.05, 0.1) is 23.1 Å². The molecule has 10 heteroatoms.